The first-order valence-corrected chi connectivity index (χ1v) is 4.04. The summed E-state index contributed by atoms with van der Waals surface area (Å²) in [5, 5.41) is 0. The van der Waals surface area contributed by atoms with Crippen molar-refractivity contribution in [1.29, 1.82) is 0 Å². The molecule has 10 heavy (non-hydrogen) atoms. The molecular weight excluding hydrogens is 126 g/mol. The number of hydroxylamine groups is 1. The monoisotopic (exact) mass is 145 g/mol. The van der Waals surface area contributed by atoms with Gasteiger partial charge < -0.3 is 4.84 Å². The van der Waals surface area contributed by atoms with Crippen LogP contribution in [0.25, 0.3) is 0 Å². The van der Waals surface area contributed by atoms with E-state index < -0.39 is 0 Å². The Labute approximate surface area is 63.9 Å². The van der Waals surface area contributed by atoms with E-state index in [1.165, 1.54) is 0 Å². The molecule has 0 saturated heterocycles. The van der Waals surface area contributed by atoms with Gasteiger partial charge in [-0.15, -0.1) is 0 Å². The first-order valence-electron chi connectivity index (χ1n) is 4.04. The summed E-state index contributed by atoms with van der Waals surface area (Å²) in [4.78, 5) is 4.93. The molecule has 0 amide bonds. The molecule has 0 aliphatic carbocycles. The molecule has 0 heterocycles. The van der Waals surface area contributed by atoms with E-state index in [0.717, 1.165) is 19.3 Å². The molecule has 0 atom stereocenters. The van der Waals surface area contributed by atoms with Crippen molar-refractivity contribution in [1.82, 2.24) is 5.48 Å². The predicted molar refractivity (Wildman–Crippen MR) is 43.7 cm³/mol. The Morgan fingerprint density at radius 3 is 1.60 bits per heavy atom. The summed E-state index contributed by atoms with van der Waals surface area (Å²) in [6, 6.07) is 0. The summed E-state index contributed by atoms with van der Waals surface area (Å²) in [6.07, 6.45) is 3.36. The van der Waals surface area contributed by atoms with Crippen LogP contribution in [0.2, 0.25) is 0 Å². The van der Waals surface area contributed by atoms with Gasteiger partial charge in [-0.3, -0.25) is 0 Å². The van der Waals surface area contributed by atoms with Crippen molar-refractivity contribution in [3.05, 3.63) is 0 Å². The Morgan fingerprint density at radius 1 is 1.10 bits per heavy atom. The second-order valence-electron chi connectivity index (χ2n) is 2.65. The molecule has 0 aliphatic rings. The number of nitrogens with one attached hydrogen (secondary N) is 1. The second kappa shape index (κ2) is 4.69. The zero-order chi connectivity index (χ0) is 8.04. The Bertz CT molecular complexity index is 71.1. The summed E-state index contributed by atoms with van der Waals surface area (Å²) < 4.78 is 0. The average molecular weight is 145 g/mol. The van der Waals surface area contributed by atoms with E-state index in [0.29, 0.717) is 0 Å². The summed E-state index contributed by atoms with van der Waals surface area (Å²) >= 11 is 0. The van der Waals surface area contributed by atoms with Crippen LogP contribution in [-0.4, -0.2) is 12.6 Å². The molecule has 0 rings (SSSR count). The van der Waals surface area contributed by atoms with Gasteiger partial charge in [0.2, 0.25) is 0 Å². The molecule has 1 N–H and O–H groups in total. The minimum Gasteiger partial charge on any atom is -0.305 e. The maximum absolute atomic E-state index is 4.93. The van der Waals surface area contributed by atoms with E-state index in [1.54, 1.807) is 7.11 Å². The highest BCUT2D eigenvalue weighted by Gasteiger charge is 2.22. The SMILES string of the molecule is CCC(CC)(CC)NOC. The van der Waals surface area contributed by atoms with E-state index >= 15 is 0 Å². The van der Waals surface area contributed by atoms with Gasteiger partial charge in [-0.25, -0.2) is 0 Å². The number of hydrogen-bond acceptors (Lipinski definition) is 2. The third-order valence-electron chi connectivity index (χ3n) is 2.35. The van der Waals surface area contributed by atoms with Crippen molar-refractivity contribution in [2.24, 2.45) is 0 Å². The molecule has 62 valence electrons. The normalized spacial score (nSPS) is 12.0. The molecule has 0 aromatic carbocycles. The van der Waals surface area contributed by atoms with Gasteiger partial charge in [0.25, 0.3) is 0 Å². The summed E-state index contributed by atoms with van der Waals surface area (Å²) in [6.45, 7) is 6.54. The Kier molecular flexibility index (Phi) is 4.65. The minimum atomic E-state index is 0.203. The second-order valence-corrected chi connectivity index (χ2v) is 2.65. The van der Waals surface area contributed by atoms with Crippen LogP contribution in [0.15, 0.2) is 0 Å². The smallest absolute Gasteiger partial charge is 0.0572 e. The van der Waals surface area contributed by atoms with E-state index in [2.05, 4.69) is 26.3 Å². The zero-order valence-electron chi connectivity index (χ0n) is 7.53. The predicted octanol–water partition coefficient (Wildman–Crippen LogP) is 2.11. The van der Waals surface area contributed by atoms with Crippen LogP contribution in [0.1, 0.15) is 40.0 Å². The highest BCUT2D eigenvalue weighted by atomic mass is 16.6. The number of rotatable bonds is 5. The van der Waals surface area contributed by atoms with Crippen molar-refractivity contribution in [2.45, 2.75) is 45.6 Å². The molecule has 0 aromatic heterocycles. The Morgan fingerprint density at radius 2 is 1.50 bits per heavy atom. The van der Waals surface area contributed by atoms with Gasteiger partial charge in [0.1, 0.15) is 0 Å². The first-order chi connectivity index (χ1) is 4.74. The third-order valence-corrected chi connectivity index (χ3v) is 2.35. The van der Waals surface area contributed by atoms with Crippen LogP contribution < -0.4 is 5.48 Å². The van der Waals surface area contributed by atoms with Gasteiger partial charge in [-0.2, -0.15) is 5.48 Å². The Balaban J connectivity index is 3.87. The van der Waals surface area contributed by atoms with Crippen LogP contribution >= 0.6 is 0 Å². The quantitative estimate of drug-likeness (QED) is 0.598. The van der Waals surface area contributed by atoms with Crippen LogP contribution in [0.3, 0.4) is 0 Å². The standard InChI is InChI=1S/C8H19NO/c1-5-8(6-2,7-3)9-10-4/h9H,5-7H2,1-4H3. The van der Waals surface area contributed by atoms with Gasteiger partial charge in [0, 0.05) is 5.54 Å². The largest absolute Gasteiger partial charge is 0.305 e. The highest BCUT2D eigenvalue weighted by molar-refractivity contribution is 4.79. The van der Waals surface area contributed by atoms with Crippen molar-refractivity contribution in [3.63, 3.8) is 0 Å². The topological polar surface area (TPSA) is 21.3 Å². The number of hydrogen-bond donors (Lipinski definition) is 1. The van der Waals surface area contributed by atoms with Gasteiger partial charge in [0.05, 0.1) is 7.11 Å². The lowest BCUT2D eigenvalue weighted by Crippen LogP contribution is -2.42. The molecule has 0 unspecified atom stereocenters. The van der Waals surface area contributed by atoms with Crippen LogP contribution in [0, 0.1) is 0 Å². The first kappa shape index (κ1) is 9.92. The van der Waals surface area contributed by atoms with Crippen LogP contribution in [-0.2, 0) is 4.84 Å². The van der Waals surface area contributed by atoms with Crippen molar-refractivity contribution >= 4 is 0 Å². The minimum absolute atomic E-state index is 0.203. The molecule has 2 heteroatoms. The average Bonchev–Trinajstić information content (AvgIpc) is 2.01. The van der Waals surface area contributed by atoms with Crippen molar-refractivity contribution < 1.29 is 4.84 Å². The van der Waals surface area contributed by atoms with Gasteiger partial charge in [0.15, 0.2) is 0 Å². The fourth-order valence-corrected chi connectivity index (χ4v) is 1.18. The molecule has 0 aromatic rings. The lowest BCUT2D eigenvalue weighted by atomic mass is 9.91. The lowest BCUT2D eigenvalue weighted by Gasteiger charge is -2.30. The molecule has 0 saturated carbocycles. The van der Waals surface area contributed by atoms with E-state index in [1.807, 2.05) is 0 Å². The molecule has 0 aliphatic heterocycles. The maximum atomic E-state index is 4.93. The summed E-state index contributed by atoms with van der Waals surface area (Å²) in [7, 11) is 1.68. The third kappa shape index (κ3) is 2.27. The summed E-state index contributed by atoms with van der Waals surface area (Å²) in [5.74, 6) is 0. The fraction of sp³-hybridized carbons (Fsp3) is 1.00. The summed E-state index contributed by atoms with van der Waals surface area (Å²) in [5.41, 5.74) is 3.25. The molecule has 0 radical (unpaired) electrons. The fourth-order valence-electron chi connectivity index (χ4n) is 1.18. The van der Waals surface area contributed by atoms with E-state index in [4.69, 9.17) is 4.84 Å². The lowest BCUT2D eigenvalue weighted by molar-refractivity contribution is 0.00579. The van der Waals surface area contributed by atoms with Gasteiger partial charge in [-0.1, -0.05) is 20.8 Å². The van der Waals surface area contributed by atoms with E-state index in [-0.39, 0.29) is 5.54 Å². The Hall–Kier alpha value is -0.0800. The molecule has 0 bridgehead atoms. The van der Waals surface area contributed by atoms with Gasteiger partial charge >= 0.3 is 0 Å². The van der Waals surface area contributed by atoms with Gasteiger partial charge in [-0.05, 0) is 19.3 Å². The van der Waals surface area contributed by atoms with E-state index in [9.17, 15) is 0 Å². The molecule has 0 fully saturated rings. The maximum Gasteiger partial charge on any atom is 0.0572 e. The van der Waals surface area contributed by atoms with Crippen molar-refractivity contribution in [2.75, 3.05) is 7.11 Å². The molecule has 2 nitrogen and oxygen atoms in total. The van der Waals surface area contributed by atoms with Crippen molar-refractivity contribution in [3.8, 4) is 0 Å². The van der Waals surface area contributed by atoms with Crippen LogP contribution in [0.4, 0.5) is 0 Å². The molecular formula is C8H19NO. The highest BCUT2D eigenvalue weighted by Crippen LogP contribution is 2.18. The zero-order valence-corrected chi connectivity index (χ0v) is 7.53. The molecule has 0 spiro atoms. The van der Waals surface area contributed by atoms with Crippen LogP contribution in [0.5, 0.6) is 0 Å².